The molecular formula is C13H17F3IN. The SMILES string of the molecule is CCNC(CCC(F)(F)F)Cc1ccc(I)cc1. The summed E-state index contributed by atoms with van der Waals surface area (Å²) in [5.41, 5.74) is 1.07. The molecule has 18 heavy (non-hydrogen) atoms. The number of rotatable bonds is 6. The third kappa shape index (κ3) is 6.58. The monoisotopic (exact) mass is 371 g/mol. The van der Waals surface area contributed by atoms with E-state index in [0.717, 1.165) is 9.13 Å². The topological polar surface area (TPSA) is 12.0 Å². The zero-order valence-corrected chi connectivity index (χ0v) is 12.4. The molecule has 0 spiro atoms. The summed E-state index contributed by atoms with van der Waals surface area (Å²) < 4.78 is 37.8. The zero-order chi connectivity index (χ0) is 13.6. The number of nitrogens with one attached hydrogen (secondary N) is 1. The molecule has 1 nitrogen and oxygen atoms in total. The minimum atomic E-state index is -4.07. The van der Waals surface area contributed by atoms with E-state index >= 15 is 0 Å². The maximum atomic E-state index is 12.2. The van der Waals surface area contributed by atoms with Crippen molar-refractivity contribution >= 4 is 22.6 Å². The molecule has 0 bridgehead atoms. The van der Waals surface area contributed by atoms with E-state index < -0.39 is 12.6 Å². The average Bonchev–Trinajstić information content (AvgIpc) is 2.28. The molecule has 0 saturated carbocycles. The molecule has 0 heterocycles. The molecule has 1 aromatic rings. The fourth-order valence-electron chi connectivity index (χ4n) is 1.81. The Bertz CT molecular complexity index is 348. The summed E-state index contributed by atoms with van der Waals surface area (Å²) >= 11 is 2.21. The fourth-order valence-corrected chi connectivity index (χ4v) is 2.17. The first-order chi connectivity index (χ1) is 8.40. The Morgan fingerprint density at radius 3 is 2.33 bits per heavy atom. The molecule has 0 aliphatic rings. The van der Waals surface area contributed by atoms with Crippen molar-refractivity contribution in [2.45, 2.75) is 38.4 Å². The molecule has 0 radical (unpaired) electrons. The van der Waals surface area contributed by atoms with Gasteiger partial charge in [-0.05, 0) is 59.7 Å². The molecule has 1 unspecified atom stereocenters. The van der Waals surface area contributed by atoms with Gasteiger partial charge in [0.1, 0.15) is 0 Å². The van der Waals surface area contributed by atoms with Crippen LogP contribution in [0.1, 0.15) is 25.3 Å². The maximum absolute atomic E-state index is 12.2. The standard InChI is InChI=1S/C13H17F3IN/c1-2-18-12(7-8-13(14,15)16)9-10-3-5-11(17)6-4-10/h3-6,12,18H,2,7-9H2,1H3. The predicted molar refractivity (Wildman–Crippen MR) is 75.6 cm³/mol. The number of alkyl halides is 3. The van der Waals surface area contributed by atoms with Gasteiger partial charge in [-0.3, -0.25) is 0 Å². The molecule has 0 aliphatic heterocycles. The molecule has 1 atom stereocenters. The van der Waals surface area contributed by atoms with Gasteiger partial charge in [-0.1, -0.05) is 19.1 Å². The normalized spacial score (nSPS) is 13.6. The second kappa shape index (κ2) is 7.33. The van der Waals surface area contributed by atoms with Crippen molar-refractivity contribution in [3.8, 4) is 0 Å². The molecule has 0 aliphatic carbocycles. The molecule has 0 aromatic heterocycles. The van der Waals surface area contributed by atoms with Crippen molar-refractivity contribution in [1.82, 2.24) is 5.32 Å². The summed E-state index contributed by atoms with van der Waals surface area (Å²) in [6, 6.07) is 7.78. The predicted octanol–water partition coefficient (Wildman–Crippen LogP) is 4.15. The van der Waals surface area contributed by atoms with E-state index in [1.807, 2.05) is 31.2 Å². The van der Waals surface area contributed by atoms with Gasteiger partial charge in [0, 0.05) is 16.0 Å². The van der Waals surface area contributed by atoms with Crippen molar-refractivity contribution in [3.63, 3.8) is 0 Å². The van der Waals surface area contributed by atoms with Crippen molar-refractivity contribution in [2.75, 3.05) is 6.54 Å². The molecular weight excluding hydrogens is 354 g/mol. The molecule has 1 aromatic carbocycles. The highest BCUT2D eigenvalue weighted by molar-refractivity contribution is 14.1. The molecule has 5 heteroatoms. The van der Waals surface area contributed by atoms with Crippen molar-refractivity contribution in [1.29, 1.82) is 0 Å². The van der Waals surface area contributed by atoms with Gasteiger partial charge in [0.2, 0.25) is 0 Å². The van der Waals surface area contributed by atoms with E-state index in [2.05, 4.69) is 27.9 Å². The maximum Gasteiger partial charge on any atom is 0.389 e. The van der Waals surface area contributed by atoms with Crippen LogP contribution in [0.5, 0.6) is 0 Å². The highest BCUT2D eigenvalue weighted by atomic mass is 127. The Morgan fingerprint density at radius 2 is 1.83 bits per heavy atom. The molecule has 0 amide bonds. The first-order valence-electron chi connectivity index (χ1n) is 5.95. The first-order valence-corrected chi connectivity index (χ1v) is 7.03. The van der Waals surface area contributed by atoms with Crippen LogP contribution in [0.15, 0.2) is 24.3 Å². The van der Waals surface area contributed by atoms with Gasteiger partial charge in [-0.15, -0.1) is 0 Å². The largest absolute Gasteiger partial charge is 0.389 e. The van der Waals surface area contributed by atoms with Gasteiger partial charge in [-0.25, -0.2) is 0 Å². The van der Waals surface area contributed by atoms with Gasteiger partial charge >= 0.3 is 6.18 Å². The lowest BCUT2D eigenvalue weighted by atomic mass is 10.0. The number of likely N-dealkylation sites (N-methyl/N-ethyl adjacent to an activating group) is 1. The van der Waals surface area contributed by atoms with Crippen LogP contribution in [0.4, 0.5) is 13.2 Å². The second-order valence-electron chi connectivity index (χ2n) is 4.24. The smallest absolute Gasteiger partial charge is 0.314 e. The minimum Gasteiger partial charge on any atom is -0.314 e. The Morgan fingerprint density at radius 1 is 1.22 bits per heavy atom. The fraction of sp³-hybridized carbons (Fsp3) is 0.538. The van der Waals surface area contributed by atoms with Crippen LogP contribution >= 0.6 is 22.6 Å². The molecule has 0 saturated heterocycles. The summed E-state index contributed by atoms with van der Waals surface area (Å²) in [4.78, 5) is 0. The lowest BCUT2D eigenvalue weighted by molar-refractivity contribution is -0.136. The van der Waals surface area contributed by atoms with E-state index in [1.54, 1.807) is 0 Å². The lowest BCUT2D eigenvalue weighted by Gasteiger charge is -2.19. The van der Waals surface area contributed by atoms with Gasteiger partial charge in [0.05, 0.1) is 0 Å². The molecule has 1 rings (SSSR count). The third-order valence-corrected chi connectivity index (χ3v) is 3.38. The van der Waals surface area contributed by atoms with Crippen LogP contribution in [0.2, 0.25) is 0 Å². The molecule has 0 fully saturated rings. The number of hydrogen-bond donors (Lipinski definition) is 1. The van der Waals surface area contributed by atoms with Crippen molar-refractivity contribution in [3.05, 3.63) is 33.4 Å². The van der Waals surface area contributed by atoms with Crippen LogP contribution < -0.4 is 5.32 Å². The summed E-state index contributed by atoms with van der Waals surface area (Å²) in [6.07, 6.45) is -4.03. The van der Waals surface area contributed by atoms with E-state index in [4.69, 9.17) is 0 Å². The third-order valence-electron chi connectivity index (χ3n) is 2.66. The number of hydrogen-bond acceptors (Lipinski definition) is 1. The van der Waals surface area contributed by atoms with E-state index in [-0.39, 0.29) is 12.5 Å². The number of halogens is 4. The molecule has 102 valence electrons. The van der Waals surface area contributed by atoms with Crippen LogP contribution in [0.3, 0.4) is 0 Å². The van der Waals surface area contributed by atoms with Crippen LogP contribution in [0, 0.1) is 3.57 Å². The lowest BCUT2D eigenvalue weighted by Crippen LogP contribution is -2.32. The van der Waals surface area contributed by atoms with E-state index in [1.165, 1.54) is 0 Å². The Hall–Kier alpha value is -0.300. The Kier molecular flexibility index (Phi) is 6.42. The molecule has 1 N–H and O–H groups in total. The summed E-state index contributed by atoms with van der Waals surface area (Å²) in [6.45, 7) is 2.60. The van der Waals surface area contributed by atoms with E-state index in [0.29, 0.717) is 13.0 Å². The Labute approximate surface area is 119 Å². The minimum absolute atomic E-state index is 0.114. The summed E-state index contributed by atoms with van der Waals surface area (Å²) in [5, 5.41) is 3.12. The second-order valence-corrected chi connectivity index (χ2v) is 5.48. The van der Waals surface area contributed by atoms with Crippen molar-refractivity contribution in [2.24, 2.45) is 0 Å². The zero-order valence-electron chi connectivity index (χ0n) is 10.2. The van der Waals surface area contributed by atoms with Gasteiger partial charge in [0.25, 0.3) is 0 Å². The van der Waals surface area contributed by atoms with Crippen LogP contribution in [0.25, 0.3) is 0 Å². The number of benzene rings is 1. The highest BCUT2D eigenvalue weighted by Crippen LogP contribution is 2.23. The van der Waals surface area contributed by atoms with Crippen LogP contribution in [-0.2, 0) is 6.42 Å². The summed E-state index contributed by atoms with van der Waals surface area (Å²) in [5.74, 6) is 0. The Balaban J connectivity index is 2.54. The van der Waals surface area contributed by atoms with Gasteiger partial charge in [-0.2, -0.15) is 13.2 Å². The quantitative estimate of drug-likeness (QED) is 0.741. The van der Waals surface area contributed by atoms with Gasteiger partial charge < -0.3 is 5.32 Å². The van der Waals surface area contributed by atoms with Gasteiger partial charge in [0.15, 0.2) is 0 Å². The highest BCUT2D eigenvalue weighted by Gasteiger charge is 2.28. The van der Waals surface area contributed by atoms with E-state index in [9.17, 15) is 13.2 Å². The van der Waals surface area contributed by atoms with Crippen LogP contribution in [-0.4, -0.2) is 18.8 Å². The summed E-state index contributed by atoms with van der Waals surface area (Å²) in [7, 11) is 0. The average molecular weight is 371 g/mol. The first kappa shape index (κ1) is 15.8. The van der Waals surface area contributed by atoms with Crippen molar-refractivity contribution < 1.29 is 13.2 Å².